The molecule has 0 amide bonds. The lowest BCUT2D eigenvalue weighted by Crippen LogP contribution is -2.45. The Morgan fingerprint density at radius 3 is 2.78 bits per heavy atom. The second-order valence-electron chi connectivity index (χ2n) is 4.72. The van der Waals surface area contributed by atoms with Crippen LogP contribution in [0.25, 0.3) is 0 Å². The maximum absolute atomic E-state index is 13.3. The standard InChI is InChI=1S/C14H21FN2O/c15-13-4-1-3-12(11-13)14(5-2-10-18)17-8-6-16-7-9-17/h1,3-4,11,14,16,18H,2,5-10H2/t14-/m0/s1. The molecule has 1 saturated heterocycles. The quantitative estimate of drug-likeness (QED) is 0.834. The summed E-state index contributed by atoms with van der Waals surface area (Å²) >= 11 is 0. The molecule has 0 radical (unpaired) electrons. The van der Waals surface area contributed by atoms with Crippen LogP contribution in [-0.2, 0) is 0 Å². The zero-order chi connectivity index (χ0) is 12.8. The Morgan fingerprint density at radius 1 is 1.33 bits per heavy atom. The summed E-state index contributed by atoms with van der Waals surface area (Å²) in [5, 5.41) is 12.3. The fourth-order valence-electron chi connectivity index (χ4n) is 2.55. The van der Waals surface area contributed by atoms with Crippen molar-refractivity contribution in [2.75, 3.05) is 32.8 Å². The number of piperazine rings is 1. The maximum atomic E-state index is 13.3. The highest BCUT2D eigenvalue weighted by Gasteiger charge is 2.21. The lowest BCUT2D eigenvalue weighted by atomic mass is 9.99. The number of aliphatic hydroxyl groups is 1. The number of rotatable bonds is 5. The smallest absolute Gasteiger partial charge is 0.123 e. The molecule has 1 aliphatic rings. The molecule has 1 aromatic carbocycles. The van der Waals surface area contributed by atoms with Gasteiger partial charge >= 0.3 is 0 Å². The lowest BCUT2D eigenvalue weighted by Gasteiger charge is -2.35. The minimum Gasteiger partial charge on any atom is -0.396 e. The molecule has 0 aromatic heterocycles. The molecule has 18 heavy (non-hydrogen) atoms. The predicted molar refractivity (Wildman–Crippen MR) is 69.9 cm³/mol. The topological polar surface area (TPSA) is 35.5 Å². The van der Waals surface area contributed by atoms with Gasteiger partial charge in [0.25, 0.3) is 0 Å². The Kier molecular flexibility index (Phi) is 5.11. The van der Waals surface area contributed by atoms with Gasteiger partial charge < -0.3 is 10.4 Å². The summed E-state index contributed by atoms with van der Waals surface area (Å²) in [5.41, 5.74) is 1.02. The average molecular weight is 252 g/mol. The zero-order valence-electron chi connectivity index (χ0n) is 10.6. The van der Waals surface area contributed by atoms with Crippen molar-refractivity contribution in [3.8, 4) is 0 Å². The lowest BCUT2D eigenvalue weighted by molar-refractivity contribution is 0.154. The maximum Gasteiger partial charge on any atom is 0.123 e. The van der Waals surface area contributed by atoms with Crippen LogP contribution in [0.15, 0.2) is 24.3 Å². The predicted octanol–water partition coefficient (Wildman–Crippen LogP) is 1.54. The van der Waals surface area contributed by atoms with Crippen LogP contribution >= 0.6 is 0 Å². The minimum atomic E-state index is -0.184. The Hall–Kier alpha value is -0.970. The fourth-order valence-corrected chi connectivity index (χ4v) is 2.55. The van der Waals surface area contributed by atoms with Crippen molar-refractivity contribution in [3.05, 3.63) is 35.6 Å². The Labute approximate surface area is 108 Å². The van der Waals surface area contributed by atoms with Gasteiger partial charge in [-0.3, -0.25) is 4.90 Å². The molecule has 1 aliphatic heterocycles. The summed E-state index contributed by atoms with van der Waals surface area (Å²) in [4.78, 5) is 2.38. The van der Waals surface area contributed by atoms with Gasteiger partial charge in [-0.2, -0.15) is 0 Å². The highest BCUT2D eigenvalue weighted by Crippen LogP contribution is 2.26. The first-order valence-electron chi connectivity index (χ1n) is 6.62. The van der Waals surface area contributed by atoms with Crippen molar-refractivity contribution < 1.29 is 9.50 Å². The first kappa shape index (κ1) is 13.5. The first-order valence-corrected chi connectivity index (χ1v) is 6.62. The number of hydrogen-bond donors (Lipinski definition) is 2. The molecule has 1 atom stereocenters. The van der Waals surface area contributed by atoms with Gasteiger partial charge in [0, 0.05) is 38.8 Å². The molecule has 1 aromatic rings. The Morgan fingerprint density at radius 2 is 2.11 bits per heavy atom. The third kappa shape index (κ3) is 3.51. The molecule has 1 heterocycles. The van der Waals surface area contributed by atoms with Crippen LogP contribution in [-0.4, -0.2) is 42.8 Å². The zero-order valence-corrected chi connectivity index (χ0v) is 10.6. The molecule has 2 rings (SSSR count). The van der Waals surface area contributed by atoms with Crippen molar-refractivity contribution in [1.29, 1.82) is 0 Å². The first-order chi connectivity index (χ1) is 8.81. The largest absolute Gasteiger partial charge is 0.396 e. The van der Waals surface area contributed by atoms with Crippen molar-refractivity contribution in [2.24, 2.45) is 0 Å². The van der Waals surface area contributed by atoms with Crippen molar-refractivity contribution in [2.45, 2.75) is 18.9 Å². The van der Waals surface area contributed by atoms with Crippen LogP contribution in [0.3, 0.4) is 0 Å². The molecule has 1 fully saturated rings. The van der Waals surface area contributed by atoms with Gasteiger partial charge in [0.1, 0.15) is 5.82 Å². The van der Waals surface area contributed by atoms with E-state index in [2.05, 4.69) is 10.2 Å². The van der Waals surface area contributed by atoms with Crippen LogP contribution in [0.2, 0.25) is 0 Å². The number of nitrogens with one attached hydrogen (secondary N) is 1. The van der Waals surface area contributed by atoms with Crippen LogP contribution in [0.5, 0.6) is 0 Å². The van der Waals surface area contributed by atoms with Gasteiger partial charge in [-0.15, -0.1) is 0 Å². The molecule has 4 heteroatoms. The molecule has 2 N–H and O–H groups in total. The third-order valence-corrected chi connectivity index (χ3v) is 3.46. The summed E-state index contributed by atoms with van der Waals surface area (Å²) in [6.07, 6.45) is 1.63. The summed E-state index contributed by atoms with van der Waals surface area (Å²) in [6, 6.07) is 7.05. The molecule has 0 aliphatic carbocycles. The van der Waals surface area contributed by atoms with Gasteiger partial charge in [-0.05, 0) is 30.5 Å². The van der Waals surface area contributed by atoms with E-state index in [1.165, 1.54) is 6.07 Å². The number of hydrogen-bond acceptors (Lipinski definition) is 3. The Balaban J connectivity index is 2.12. The van der Waals surface area contributed by atoms with Gasteiger partial charge in [0.05, 0.1) is 0 Å². The van der Waals surface area contributed by atoms with Crippen molar-refractivity contribution in [3.63, 3.8) is 0 Å². The number of nitrogens with zero attached hydrogens (tertiary/aromatic N) is 1. The molecule has 3 nitrogen and oxygen atoms in total. The van der Waals surface area contributed by atoms with Gasteiger partial charge in [-0.1, -0.05) is 12.1 Å². The third-order valence-electron chi connectivity index (χ3n) is 3.46. The van der Waals surface area contributed by atoms with Crippen LogP contribution in [0, 0.1) is 5.82 Å². The summed E-state index contributed by atoms with van der Waals surface area (Å²) < 4.78 is 13.3. The minimum absolute atomic E-state index is 0.184. The number of halogens is 1. The van der Waals surface area contributed by atoms with E-state index in [-0.39, 0.29) is 18.5 Å². The van der Waals surface area contributed by atoms with Gasteiger partial charge in [-0.25, -0.2) is 4.39 Å². The molecule has 0 unspecified atom stereocenters. The second kappa shape index (κ2) is 6.83. The van der Waals surface area contributed by atoms with Crippen molar-refractivity contribution >= 4 is 0 Å². The molecule has 0 spiro atoms. The molecular formula is C14H21FN2O. The van der Waals surface area contributed by atoms with E-state index in [4.69, 9.17) is 5.11 Å². The van der Waals surface area contributed by atoms with E-state index >= 15 is 0 Å². The van der Waals surface area contributed by atoms with E-state index in [1.807, 2.05) is 6.07 Å². The van der Waals surface area contributed by atoms with Crippen LogP contribution in [0.4, 0.5) is 4.39 Å². The number of benzene rings is 1. The normalized spacial score (nSPS) is 18.8. The van der Waals surface area contributed by atoms with Gasteiger partial charge in [0.15, 0.2) is 0 Å². The summed E-state index contributed by atoms with van der Waals surface area (Å²) in [5.74, 6) is -0.184. The number of aliphatic hydroxyl groups excluding tert-OH is 1. The highest BCUT2D eigenvalue weighted by atomic mass is 19.1. The highest BCUT2D eigenvalue weighted by molar-refractivity contribution is 5.20. The van der Waals surface area contributed by atoms with Crippen molar-refractivity contribution in [1.82, 2.24) is 10.2 Å². The van der Waals surface area contributed by atoms with E-state index < -0.39 is 0 Å². The second-order valence-corrected chi connectivity index (χ2v) is 4.72. The van der Waals surface area contributed by atoms with E-state index in [0.717, 1.165) is 44.6 Å². The van der Waals surface area contributed by atoms with Gasteiger partial charge in [0.2, 0.25) is 0 Å². The fraction of sp³-hybridized carbons (Fsp3) is 0.571. The molecule has 0 bridgehead atoms. The van der Waals surface area contributed by atoms with Crippen LogP contribution in [0.1, 0.15) is 24.4 Å². The average Bonchev–Trinajstić information content (AvgIpc) is 2.40. The van der Waals surface area contributed by atoms with E-state index in [0.29, 0.717) is 0 Å². The summed E-state index contributed by atoms with van der Waals surface area (Å²) in [6.45, 7) is 4.10. The van der Waals surface area contributed by atoms with E-state index in [9.17, 15) is 4.39 Å². The SMILES string of the molecule is OCCC[C@@H](c1cccc(F)c1)N1CCNCC1. The van der Waals surface area contributed by atoms with E-state index in [1.54, 1.807) is 12.1 Å². The molecule has 0 saturated carbocycles. The Bertz CT molecular complexity index is 367. The summed E-state index contributed by atoms with van der Waals surface area (Å²) in [7, 11) is 0. The molecule has 100 valence electrons. The monoisotopic (exact) mass is 252 g/mol. The van der Waals surface area contributed by atoms with Crippen LogP contribution < -0.4 is 5.32 Å². The molecular weight excluding hydrogens is 231 g/mol.